The molecule has 0 saturated heterocycles. The van der Waals surface area contributed by atoms with Gasteiger partial charge in [0.05, 0.1) is 27.8 Å². The molecule has 0 aliphatic rings. The minimum Gasteiger partial charge on any atom is -0.458 e. The molecule has 0 radical (unpaired) electrons. The summed E-state index contributed by atoms with van der Waals surface area (Å²) in [6.45, 7) is -0.766. The van der Waals surface area contributed by atoms with Gasteiger partial charge in [0.15, 0.2) is 18.3 Å². The van der Waals surface area contributed by atoms with Crippen LogP contribution in [0.4, 0.5) is 0 Å². The number of benzene rings is 6. The maximum absolute atomic E-state index is 14.2. The van der Waals surface area contributed by atoms with Crippen LogP contribution < -0.4 is 0 Å². The van der Waals surface area contributed by atoms with E-state index in [9.17, 15) is 24.0 Å². The Morgan fingerprint density at radius 1 is 0.452 bits per heavy atom. The number of nitrogens with zero attached hydrogens (tertiary/aromatic N) is 2. The Bertz CT molecular complexity index is 2590. The van der Waals surface area contributed by atoms with Crippen molar-refractivity contribution < 1.29 is 52.1 Å². The lowest BCUT2D eigenvalue weighted by Crippen LogP contribution is -2.51. The van der Waals surface area contributed by atoms with E-state index in [0.717, 1.165) is 0 Å². The Kier molecular flexibility index (Phi) is 13.9. The maximum atomic E-state index is 14.2. The van der Waals surface area contributed by atoms with Crippen LogP contribution in [0, 0.1) is 0 Å². The molecule has 1 aromatic heterocycles. The Morgan fingerprint density at radius 2 is 0.839 bits per heavy atom. The molecule has 62 heavy (non-hydrogen) atoms. The van der Waals surface area contributed by atoms with Gasteiger partial charge in [0.25, 0.3) is 5.89 Å². The van der Waals surface area contributed by atoms with Gasteiger partial charge in [-0.1, -0.05) is 103 Å². The van der Waals surface area contributed by atoms with E-state index < -0.39 is 66.8 Å². The van der Waals surface area contributed by atoms with Crippen molar-refractivity contribution >= 4 is 41.4 Å². The molecular formula is C48H35ClN2O11. The average molecular weight is 851 g/mol. The lowest BCUT2D eigenvalue weighted by Gasteiger charge is -2.35. The Labute approximate surface area is 359 Å². The van der Waals surface area contributed by atoms with E-state index in [2.05, 4.69) is 10.2 Å². The SMILES string of the molecule is O=C(OC[C@@H](OC(=O)c1ccccc1)[C@H](OC(=O)c1ccccc1)[C@H](OC(=O)c1ccccc1)C(OC(=O)c1ccccc1)c1nnc(-c2ccc(Cl)cc2)o1)c1ccccc1. The van der Waals surface area contributed by atoms with Crippen LogP contribution in [-0.4, -0.2) is 65.0 Å². The summed E-state index contributed by atoms with van der Waals surface area (Å²) in [7, 11) is 0. The van der Waals surface area contributed by atoms with Gasteiger partial charge in [-0.05, 0) is 84.9 Å². The van der Waals surface area contributed by atoms with Crippen LogP contribution in [0.1, 0.15) is 63.8 Å². The van der Waals surface area contributed by atoms with Gasteiger partial charge in [0.2, 0.25) is 12.0 Å². The summed E-state index contributed by atoms with van der Waals surface area (Å²) in [5.41, 5.74) is 0.814. The van der Waals surface area contributed by atoms with E-state index in [1.54, 1.807) is 115 Å². The van der Waals surface area contributed by atoms with Crippen LogP contribution in [0.25, 0.3) is 11.5 Å². The number of hydrogen-bond donors (Lipinski definition) is 0. The molecule has 1 heterocycles. The van der Waals surface area contributed by atoms with E-state index in [1.807, 2.05) is 0 Å². The van der Waals surface area contributed by atoms with E-state index in [4.69, 9.17) is 39.7 Å². The molecule has 310 valence electrons. The molecule has 0 fully saturated rings. The number of rotatable bonds is 16. The number of carbonyl (C=O) groups is 5. The first-order chi connectivity index (χ1) is 30.2. The Balaban J connectivity index is 1.40. The molecule has 0 spiro atoms. The third-order valence-electron chi connectivity index (χ3n) is 9.17. The number of hydrogen-bond acceptors (Lipinski definition) is 13. The molecular weight excluding hydrogens is 816 g/mol. The van der Waals surface area contributed by atoms with Crippen molar-refractivity contribution in [1.82, 2.24) is 10.2 Å². The third kappa shape index (κ3) is 10.8. The smallest absolute Gasteiger partial charge is 0.339 e. The largest absolute Gasteiger partial charge is 0.458 e. The van der Waals surface area contributed by atoms with Gasteiger partial charge in [0.1, 0.15) is 6.61 Å². The van der Waals surface area contributed by atoms with Crippen molar-refractivity contribution in [2.75, 3.05) is 6.61 Å². The topological polar surface area (TPSA) is 170 Å². The first-order valence-electron chi connectivity index (χ1n) is 19.1. The molecule has 0 N–H and O–H groups in total. The molecule has 6 aromatic carbocycles. The molecule has 1 unspecified atom stereocenters. The molecule has 4 atom stereocenters. The lowest BCUT2D eigenvalue weighted by atomic mass is 10.0. The minimum atomic E-state index is -1.97. The standard InChI is InChI=1S/C48H35ClN2O11/c49-37-28-26-31(27-29-37)42-50-51-43(62-42)41(61-48(56)36-24-14-5-15-25-36)40(60-47(55)35-22-12-4-13-23-35)39(59-46(54)34-20-10-3-11-21-34)38(58-45(53)33-18-8-2-9-19-33)30-57-44(52)32-16-6-1-7-17-32/h1-29,38-41H,30H2/t38-,39+,40+,41?/m1/s1. The summed E-state index contributed by atoms with van der Waals surface area (Å²) in [6.07, 6.45) is -7.56. The zero-order chi connectivity index (χ0) is 43.3. The quantitative estimate of drug-likeness (QED) is 0.0668. The molecule has 13 nitrogen and oxygen atoms in total. The average Bonchev–Trinajstić information content (AvgIpc) is 3.82. The fourth-order valence-electron chi connectivity index (χ4n) is 6.05. The van der Waals surface area contributed by atoms with Crippen LogP contribution in [0.2, 0.25) is 5.02 Å². The summed E-state index contributed by atoms with van der Waals surface area (Å²) >= 11 is 6.13. The lowest BCUT2D eigenvalue weighted by molar-refractivity contribution is -0.136. The third-order valence-corrected chi connectivity index (χ3v) is 9.42. The van der Waals surface area contributed by atoms with Crippen molar-refractivity contribution in [3.8, 4) is 11.5 Å². The number of aromatic nitrogens is 2. The van der Waals surface area contributed by atoms with Crippen molar-refractivity contribution in [2.45, 2.75) is 24.4 Å². The molecule has 0 amide bonds. The van der Waals surface area contributed by atoms with Crippen molar-refractivity contribution in [1.29, 1.82) is 0 Å². The second-order valence-corrected chi connectivity index (χ2v) is 13.8. The highest BCUT2D eigenvalue weighted by molar-refractivity contribution is 6.30. The predicted molar refractivity (Wildman–Crippen MR) is 223 cm³/mol. The number of ether oxygens (including phenoxy) is 5. The van der Waals surface area contributed by atoms with Gasteiger partial charge in [-0.15, -0.1) is 10.2 Å². The normalized spacial score (nSPS) is 12.7. The fourth-order valence-corrected chi connectivity index (χ4v) is 6.18. The summed E-state index contributed by atoms with van der Waals surface area (Å²) in [5.74, 6) is -5.12. The summed E-state index contributed by atoms with van der Waals surface area (Å²) < 4.78 is 36.4. The molecule has 7 aromatic rings. The van der Waals surface area contributed by atoms with E-state index in [1.165, 1.54) is 60.7 Å². The molecule has 0 aliphatic carbocycles. The molecule has 14 heteroatoms. The van der Waals surface area contributed by atoms with Crippen molar-refractivity contribution in [2.24, 2.45) is 0 Å². The molecule has 7 rings (SSSR count). The van der Waals surface area contributed by atoms with Gasteiger partial charge in [-0.2, -0.15) is 0 Å². The first-order valence-corrected chi connectivity index (χ1v) is 19.5. The van der Waals surface area contributed by atoms with Gasteiger partial charge >= 0.3 is 29.8 Å². The maximum Gasteiger partial charge on any atom is 0.339 e. The van der Waals surface area contributed by atoms with Crippen LogP contribution >= 0.6 is 11.6 Å². The van der Waals surface area contributed by atoms with Crippen LogP contribution in [0.3, 0.4) is 0 Å². The molecule has 0 aliphatic heterocycles. The minimum absolute atomic E-state index is 0.0412. The van der Waals surface area contributed by atoms with Gasteiger partial charge < -0.3 is 28.1 Å². The zero-order valence-electron chi connectivity index (χ0n) is 32.5. The van der Waals surface area contributed by atoms with Crippen LogP contribution in [-0.2, 0) is 23.7 Å². The van der Waals surface area contributed by atoms with Crippen LogP contribution in [0.5, 0.6) is 0 Å². The highest BCUT2D eigenvalue weighted by Gasteiger charge is 2.48. The van der Waals surface area contributed by atoms with Gasteiger partial charge in [-0.3, -0.25) is 0 Å². The van der Waals surface area contributed by atoms with Crippen molar-refractivity contribution in [3.63, 3.8) is 0 Å². The fraction of sp³-hybridized carbons (Fsp3) is 0.104. The Morgan fingerprint density at radius 3 is 1.29 bits per heavy atom. The number of esters is 5. The monoisotopic (exact) mass is 850 g/mol. The first kappa shape index (κ1) is 42.2. The van der Waals surface area contributed by atoms with Crippen molar-refractivity contribution in [3.05, 3.63) is 215 Å². The number of halogens is 1. The summed E-state index contributed by atoms with van der Waals surface area (Å²) in [6, 6.07) is 45.7. The molecule has 0 bridgehead atoms. The second kappa shape index (κ2) is 20.4. The predicted octanol–water partition coefficient (Wildman–Crippen LogP) is 8.82. The van der Waals surface area contributed by atoms with Gasteiger partial charge in [-0.25, -0.2) is 24.0 Å². The summed E-state index contributed by atoms with van der Waals surface area (Å²) in [5, 5.41) is 8.82. The molecule has 0 saturated carbocycles. The second-order valence-electron chi connectivity index (χ2n) is 13.4. The summed E-state index contributed by atoms with van der Waals surface area (Å²) in [4.78, 5) is 69.8. The highest BCUT2D eigenvalue weighted by atomic mass is 35.5. The van der Waals surface area contributed by atoms with E-state index >= 15 is 0 Å². The zero-order valence-corrected chi connectivity index (χ0v) is 33.3. The van der Waals surface area contributed by atoms with Gasteiger partial charge in [0, 0.05) is 10.6 Å². The number of carbonyl (C=O) groups excluding carboxylic acids is 5. The van der Waals surface area contributed by atoms with E-state index in [0.29, 0.717) is 10.6 Å². The van der Waals surface area contributed by atoms with E-state index in [-0.39, 0.29) is 33.7 Å². The Hall–Kier alpha value is -7.90. The highest BCUT2D eigenvalue weighted by Crippen LogP contribution is 2.34. The van der Waals surface area contributed by atoms with Crippen LogP contribution in [0.15, 0.2) is 180 Å².